The van der Waals surface area contributed by atoms with Gasteiger partial charge in [0.15, 0.2) is 0 Å². The number of alkyl halides is 3. The molecule has 0 bridgehead atoms. The molecule has 8 nitrogen and oxygen atoms in total. The van der Waals surface area contributed by atoms with Crippen molar-refractivity contribution in [1.29, 1.82) is 5.26 Å². The predicted octanol–water partition coefficient (Wildman–Crippen LogP) is 4.39. The van der Waals surface area contributed by atoms with Crippen LogP contribution in [0.1, 0.15) is 44.7 Å². The summed E-state index contributed by atoms with van der Waals surface area (Å²) in [5.74, 6) is -0.305. The Labute approximate surface area is 183 Å². The van der Waals surface area contributed by atoms with Crippen LogP contribution < -0.4 is 15.4 Å². The monoisotopic (exact) mass is 451 g/mol. The van der Waals surface area contributed by atoms with Crippen molar-refractivity contribution < 1.29 is 27.4 Å². The van der Waals surface area contributed by atoms with Gasteiger partial charge in [0.25, 0.3) is 0 Å². The first kappa shape index (κ1) is 24.7. The number of esters is 1. The van der Waals surface area contributed by atoms with Crippen molar-refractivity contribution in [2.75, 3.05) is 17.2 Å². The molecule has 2 N–H and O–H groups in total. The third-order valence-corrected chi connectivity index (χ3v) is 3.81. The molecule has 0 aliphatic carbocycles. The lowest BCUT2D eigenvalue weighted by Crippen LogP contribution is -2.24. The quantitative estimate of drug-likeness (QED) is 0.427. The van der Waals surface area contributed by atoms with E-state index >= 15 is 0 Å². The Kier molecular flexibility index (Phi) is 8.23. The van der Waals surface area contributed by atoms with Crippen molar-refractivity contribution in [2.24, 2.45) is 0 Å². The Bertz CT molecular complexity index is 968. The number of hydrogen-bond acceptors (Lipinski definition) is 8. The summed E-state index contributed by atoms with van der Waals surface area (Å²) in [5, 5.41) is 15.0. The second-order valence-corrected chi connectivity index (χ2v) is 7.69. The van der Waals surface area contributed by atoms with Gasteiger partial charge in [-0.25, -0.2) is 4.98 Å². The standard InChI is InChI=1S/C21H24F3N5O3/c1-20(2,3)32-17(30)9-6-10-26-18-15(11-25)13-28-19(29-18)27-12-14-7-4-5-8-16(14)31-21(22,23)24/h4-5,7-8,13H,6,9-10,12H2,1-3H3,(H2,26,27,28,29). The molecule has 1 heterocycles. The average Bonchev–Trinajstić information content (AvgIpc) is 2.68. The summed E-state index contributed by atoms with van der Waals surface area (Å²) in [5.41, 5.74) is -0.117. The summed E-state index contributed by atoms with van der Waals surface area (Å²) in [7, 11) is 0. The lowest BCUT2D eigenvalue weighted by atomic mass is 10.2. The summed E-state index contributed by atoms with van der Waals surface area (Å²) < 4.78 is 46.9. The first-order valence-corrected chi connectivity index (χ1v) is 9.77. The van der Waals surface area contributed by atoms with Gasteiger partial charge in [0.2, 0.25) is 5.95 Å². The molecule has 0 radical (unpaired) electrons. The second kappa shape index (κ2) is 10.7. The summed E-state index contributed by atoms with van der Waals surface area (Å²) in [6, 6.07) is 7.66. The molecule has 1 aromatic carbocycles. The third kappa shape index (κ3) is 8.67. The van der Waals surface area contributed by atoms with Crippen molar-refractivity contribution in [3.8, 4) is 11.8 Å². The zero-order valence-corrected chi connectivity index (χ0v) is 17.9. The number of hydrogen-bond donors (Lipinski definition) is 2. The minimum atomic E-state index is -4.81. The largest absolute Gasteiger partial charge is 0.573 e. The fourth-order valence-electron chi connectivity index (χ4n) is 2.56. The number of rotatable bonds is 9. The normalized spacial score (nSPS) is 11.4. The van der Waals surface area contributed by atoms with E-state index in [0.29, 0.717) is 13.0 Å². The van der Waals surface area contributed by atoms with Crippen LogP contribution in [0.15, 0.2) is 30.5 Å². The van der Waals surface area contributed by atoms with E-state index < -0.39 is 12.0 Å². The summed E-state index contributed by atoms with van der Waals surface area (Å²) in [6.45, 7) is 5.67. The molecule has 0 amide bonds. The van der Waals surface area contributed by atoms with Crippen LogP contribution in [-0.4, -0.2) is 34.4 Å². The molecule has 1 aromatic heterocycles. The number of halogens is 3. The summed E-state index contributed by atoms with van der Waals surface area (Å²) in [4.78, 5) is 20.0. The second-order valence-electron chi connectivity index (χ2n) is 7.69. The number of carbonyl (C=O) groups is 1. The molecule has 0 aliphatic heterocycles. The molecular weight excluding hydrogens is 427 g/mol. The van der Waals surface area contributed by atoms with Crippen molar-refractivity contribution in [1.82, 2.24) is 9.97 Å². The fourth-order valence-corrected chi connectivity index (χ4v) is 2.56. The minimum absolute atomic E-state index is 0.0315. The van der Waals surface area contributed by atoms with E-state index in [2.05, 4.69) is 25.3 Å². The van der Waals surface area contributed by atoms with Gasteiger partial charge in [0.05, 0.1) is 6.20 Å². The highest BCUT2D eigenvalue weighted by Gasteiger charge is 2.32. The number of aromatic nitrogens is 2. The zero-order chi connectivity index (χ0) is 23.8. The van der Waals surface area contributed by atoms with Gasteiger partial charge in [-0.15, -0.1) is 13.2 Å². The van der Waals surface area contributed by atoms with Gasteiger partial charge < -0.3 is 20.1 Å². The van der Waals surface area contributed by atoms with E-state index in [4.69, 9.17) is 4.74 Å². The van der Waals surface area contributed by atoms with Gasteiger partial charge >= 0.3 is 12.3 Å². The van der Waals surface area contributed by atoms with Crippen LogP contribution in [0.3, 0.4) is 0 Å². The Hall–Kier alpha value is -3.55. The van der Waals surface area contributed by atoms with Gasteiger partial charge in [-0.2, -0.15) is 10.2 Å². The molecule has 0 atom stereocenters. The average molecular weight is 451 g/mol. The van der Waals surface area contributed by atoms with Crippen LogP contribution >= 0.6 is 0 Å². The lowest BCUT2D eigenvalue weighted by Gasteiger charge is -2.19. The highest BCUT2D eigenvalue weighted by Crippen LogP contribution is 2.26. The summed E-state index contributed by atoms with van der Waals surface area (Å²) >= 11 is 0. The van der Waals surface area contributed by atoms with E-state index in [1.54, 1.807) is 26.8 Å². The van der Waals surface area contributed by atoms with E-state index in [0.717, 1.165) is 0 Å². The van der Waals surface area contributed by atoms with Crippen molar-refractivity contribution in [2.45, 2.75) is 52.1 Å². The Balaban J connectivity index is 1.97. The maximum Gasteiger partial charge on any atom is 0.573 e. The molecule has 0 fully saturated rings. The maximum atomic E-state index is 12.6. The summed E-state index contributed by atoms with van der Waals surface area (Å²) in [6.07, 6.45) is -2.87. The number of benzene rings is 1. The van der Waals surface area contributed by atoms with Crippen molar-refractivity contribution in [3.63, 3.8) is 0 Å². The molecule has 11 heteroatoms. The lowest BCUT2D eigenvalue weighted by molar-refractivity contribution is -0.274. The molecule has 0 saturated carbocycles. The topological polar surface area (TPSA) is 109 Å². The predicted molar refractivity (Wildman–Crippen MR) is 111 cm³/mol. The van der Waals surface area contributed by atoms with E-state index in [9.17, 15) is 23.2 Å². The SMILES string of the molecule is CC(C)(C)OC(=O)CCCNc1nc(NCc2ccccc2OC(F)(F)F)ncc1C#N. The smallest absolute Gasteiger partial charge is 0.460 e. The van der Waals surface area contributed by atoms with Crippen molar-refractivity contribution >= 4 is 17.7 Å². The highest BCUT2D eigenvalue weighted by atomic mass is 19.4. The molecule has 0 saturated heterocycles. The Morgan fingerprint density at radius 2 is 1.91 bits per heavy atom. The molecular formula is C21H24F3N5O3. The number of anilines is 2. The first-order chi connectivity index (χ1) is 15.0. The molecule has 2 aromatic rings. The molecule has 172 valence electrons. The van der Waals surface area contributed by atoms with Gasteiger partial charge in [-0.1, -0.05) is 18.2 Å². The molecule has 32 heavy (non-hydrogen) atoms. The zero-order valence-electron chi connectivity index (χ0n) is 17.9. The number of para-hydroxylation sites is 1. The van der Waals surface area contributed by atoms with Gasteiger partial charge in [0.1, 0.15) is 28.8 Å². The first-order valence-electron chi connectivity index (χ1n) is 9.77. The maximum absolute atomic E-state index is 12.6. The fraction of sp³-hybridized carbons (Fsp3) is 0.429. The Morgan fingerprint density at radius 3 is 2.56 bits per heavy atom. The molecule has 2 rings (SSSR count). The van der Waals surface area contributed by atoms with Crippen LogP contribution in [0, 0.1) is 11.3 Å². The van der Waals surface area contributed by atoms with Gasteiger partial charge in [0, 0.05) is 25.1 Å². The highest BCUT2D eigenvalue weighted by molar-refractivity contribution is 5.69. The number of carbonyl (C=O) groups excluding carboxylic acids is 1. The van der Waals surface area contributed by atoms with Crippen LogP contribution in [0.4, 0.5) is 24.9 Å². The van der Waals surface area contributed by atoms with Crippen LogP contribution in [0.2, 0.25) is 0 Å². The molecule has 0 unspecified atom stereocenters. The number of nitrogens with one attached hydrogen (secondary N) is 2. The van der Waals surface area contributed by atoms with Crippen LogP contribution in [0.5, 0.6) is 5.75 Å². The van der Waals surface area contributed by atoms with Crippen molar-refractivity contribution in [3.05, 3.63) is 41.6 Å². The third-order valence-electron chi connectivity index (χ3n) is 3.81. The number of nitrogens with zero attached hydrogens (tertiary/aromatic N) is 3. The van der Waals surface area contributed by atoms with E-state index in [-0.39, 0.29) is 47.6 Å². The minimum Gasteiger partial charge on any atom is -0.460 e. The van der Waals surface area contributed by atoms with Gasteiger partial charge in [-0.3, -0.25) is 4.79 Å². The van der Waals surface area contributed by atoms with Crippen LogP contribution in [0.25, 0.3) is 0 Å². The van der Waals surface area contributed by atoms with E-state index in [1.807, 2.05) is 6.07 Å². The molecule has 0 aliphatic rings. The Morgan fingerprint density at radius 1 is 1.19 bits per heavy atom. The number of ether oxygens (including phenoxy) is 2. The van der Waals surface area contributed by atoms with Crippen LogP contribution in [-0.2, 0) is 16.1 Å². The number of nitriles is 1. The van der Waals surface area contributed by atoms with Gasteiger partial charge in [-0.05, 0) is 33.3 Å². The molecule has 0 spiro atoms. The van der Waals surface area contributed by atoms with E-state index in [1.165, 1.54) is 24.4 Å².